The standard InChI is InChI=1S/C11H12FN3O/c1-7-3-4-10(12)5-9(7)6-13-11-14-8(2)15-16-11/h3-5H,6H2,1-2H3,(H,13,14,15). The number of halogens is 1. The van der Waals surface area contributed by atoms with Gasteiger partial charge in [0.05, 0.1) is 0 Å². The van der Waals surface area contributed by atoms with Crippen LogP contribution in [0.2, 0.25) is 0 Å². The molecular formula is C11H12FN3O. The van der Waals surface area contributed by atoms with E-state index in [1.165, 1.54) is 12.1 Å². The van der Waals surface area contributed by atoms with E-state index in [-0.39, 0.29) is 5.82 Å². The fourth-order valence-electron chi connectivity index (χ4n) is 1.37. The zero-order chi connectivity index (χ0) is 11.5. The van der Waals surface area contributed by atoms with Crippen LogP contribution in [0.3, 0.4) is 0 Å². The van der Waals surface area contributed by atoms with E-state index in [1.54, 1.807) is 13.0 Å². The second kappa shape index (κ2) is 4.30. The number of rotatable bonds is 3. The molecule has 0 bridgehead atoms. The number of nitrogens with one attached hydrogen (secondary N) is 1. The Morgan fingerprint density at radius 1 is 1.38 bits per heavy atom. The van der Waals surface area contributed by atoms with Gasteiger partial charge in [0.1, 0.15) is 5.82 Å². The summed E-state index contributed by atoms with van der Waals surface area (Å²) in [6.07, 6.45) is 0. The Kier molecular flexibility index (Phi) is 2.85. The van der Waals surface area contributed by atoms with Gasteiger partial charge in [0, 0.05) is 6.54 Å². The number of aromatic nitrogens is 2. The molecule has 0 aliphatic heterocycles. The SMILES string of the molecule is Cc1noc(NCc2cc(F)ccc2C)n1. The van der Waals surface area contributed by atoms with Crippen molar-refractivity contribution in [2.75, 3.05) is 5.32 Å². The molecule has 0 radical (unpaired) electrons. The maximum atomic E-state index is 13.0. The zero-order valence-corrected chi connectivity index (χ0v) is 9.12. The molecule has 0 saturated heterocycles. The molecule has 0 aliphatic rings. The highest BCUT2D eigenvalue weighted by molar-refractivity contribution is 5.30. The quantitative estimate of drug-likeness (QED) is 0.864. The molecule has 0 saturated carbocycles. The maximum absolute atomic E-state index is 13.0. The van der Waals surface area contributed by atoms with Crippen LogP contribution in [0.25, 0.3) is 0 Å². The van der Waals surface area contributed by atoms with Crippen LogP contribution in [0.15, 0.2) is 22.7 Å². The third-order valence-electron chi connectivity index (χ3n) is 2.27. The van der Waals surface area contributed by atoms with E-state index in [0.717, 1.165) is 11.1 Å². The van der Waals surface area contributed by atoms with Crippen molar-refractivity contribution in [3.63, 3.8) is 0 Å². The van der Waals surface area contributed by atoms with Crippen molar-refractivity contribution in [1.29, 1.82) is 0 Å². The van der Waals surface area contributed by atoms with E-state index in [4.69, 9.17) is 4.52 Å². The van der Waals surface area contributed by atoms with Crippen molar-refractivity contribution in [2.24, 2.45) is 0 Å². The fourth-order valence-corrected chi connectivity index (χ4v) is 1.37. The van der Waals surface area contributed by atoms with Gasteiger partial charge in [-0.1, -0.05) is 11.2 Å². The maximum Gasteiger partial charge on any atom is 0.321 e. The summed E-state index contributed by atoms with van der Waals surface area (Å²) in [5, 5.41) is 6.59. The number of nitrogens with zero attached hydrogens (tertiary/aromatic N) is 2. The van der Waals surface area contributed by atoms with Gasteiger partial charge in [-0.15, -0.1) is 0 Å². The van der Waals surface area contributed by atoms with Crippen molar-refractivity contribution < 1.29 is 8.91 Å². The van der Waals surface area contributed by atoms with Gasteiger partial charge in [-0.05, 0) is 37.1 Å². The molecule has 2 aromatic rings. The molecular weight excluding hydrogens is 209 g/mol. The molecule has 0 amide bonds. The number of aryl methyl sites for hydroxylation is 2. The Balaban J connectivity index is 2.07. The van der Waals surface area contributed by atoms with Gasteiger partial charge in [-0.2, -0.15) is 4.98 Å². The molecule has 1 aromatic heterocycles. The molecule has 1 aromatic carbocycles. The highest BCUT2D eigenvalue weighted by Gasteiger charge is 2.04. The average molecular weight is 221 g/mol. The van der Waals surface area contributed by atoms with Gasteiger partial charge in [-0.3, -0.25) is 0 Å². The van der Waals surface area contributed by atoms with Crippen molar-refractivity contribution in [2.45, 2.75) is 20.4 Å². The van der Waals surface area contributed by atoms with E-state index in [1.807, 2.05) is 6.92 Å². The lowest BCUT2D eigenvalue weighted by Gasteiger charge is -2.05. The van der Waals surface area contributed by atoms with E-state index in [0.29, 0.717) is 18.4 Å². The van der Waals surface area contributed by atoms with Crippen molar-refractivity contribution in [1.82, 2.24) is 10.1 Å². The predicted molar refractivity (Wildman–Crippen MR) is 57.5 cm³/mol. The first-order chi connectivity index (χ1) is 7.65. The van der Waals surface area contributed by atoms with Crippen molar-refractivity contribution in [3.05, 3.63) is 41.0 Å². The molecule has 1 heterocycles. The molecule has 0 aliphatic carbocycles. The highest BCUT2D eigenvalue weighted by Crippen LogP contribution is 2.12. The topological polar surface area (TPSA) is 51.0 Å². The van der Waals surface area contributed by atoms with Gasteiger partial charge in [-0.25, -0.2) is 4.39 Å². The Morgan fingerprint density at radius 3 is 2.88 bits per heavy atom. The largest absolute Gasteiger partial charge is 0.334 e. The minimum absolute atomic E-state index is 0.246. The van der Waals surface area contributed by atoms with Crippen LogP contribution in [0, 0.1) is 19.7 Å². The van der Waals surface area contributed by atoms with Crippen molar-refractivity contribution in [3.8, 4) is 0 Å². The van der Waals surface area contributed by atoms with E-state index >= 15 is 0 Å². The fraction of sp³-hybridized carbons (Fsp3) is 0.273. The third-order valence-corrected chi connectivity index (χ3v) is 2.27. The second-order valence-corrected chi connectivity index (χ2v) is 3.57. The van der Waals surface area contributed by atoms with Crippen LogP contribution in [0.5, 0.6) is 0 Å². The molecule has 0 atom stereocenters. The second-order valence-electron chi connectivity index (χ2n) is 3.57. The summed E-state index contributed by atoms with van der Waals surface area (Å²) in [5.74, 6) is 0.322. The van der Waals surface area contributed by atoms with Crippen LogP contribution in [0.1, 0.15) is 17.0 Å². The van der Waals surface area contributed by atoms with Crippen LogP contribution in [0.4, 0.5) is 10.4 Å². The lowest BCUT2D eigenvalue weighted by atomic mass is 10.1. The zero-order valence-electron chi connectivity index (χ0n) is 9.12. The number of hydrogen-bond donors (Lipinski definition) is 1. The first-order valence-electron chi connectivity index (χ1n) is 4.94. The van der Waals surface area contributed by atoms with E-state index in [9.17, 15) is 4.39 Å². The van der Waals surface area contributed by atoms with Gasteiger partial charge in [0.15, 0.2) is 5.82 Å². The Hall–Kier alpha value is -1.91. The minimum atomic E-state index is -0.246. The third kappa shape index (κ3) is 2.36. The molecule has 84 valence electrons. The van der Waals surface area contributed by atoms with Crippen LogP contribution >= 0.6 is 0 Å². The normalized spacial score (nSPS) is 10.4. The van der Waals surface area contributed by atoms with Gasteiger partial charge in [0.25, 0.3) is 0 Å². The van der Waals surface area contributed by atoms with Gasteiger partial charge in [0.2, 0.25) is 0 Å². The molecule has 1 N–H and O–H groups in total. The summed E-state index contributed by atoms with van der Waals surface area (Å²) in [5.41, 5.74) is 1.89. The van der Waals surface area contributed by atoms with Gasteiger partial charge >= 0.3 is 6.01 Å². The van der Waals surface area contributed by atoms with Gasteiger partial charge < -0.3 is 9.84 Å². The molecule has 0 unspecified atom stereocenters. The molecule has 0 fully saturated rings. The molecule has 5 heteroatoms. The summed E-state index contributed by atoms with van der Waals surface area (Å²) in [7, 11) is 0. The van der Waals surface area contributed by atoms with Crippen LogP contribution in [-0.4, -0.2) is 10.1 Å². The summed E-state index contributed by atoms with van der Waals surface area (Å²) < 4.78 is 17.9. The average Bonchev–Trinajstić information content (AvgIpc) is 2.66. The summed E-state index contributed by atoms with van der Waals surface area (Å²) in [4.78, 5) is 4.00. The smallest absolute Gasteiger partial charge is 0.321 e. The van der Waals surface area contributed by atoms with Crippen LogP contribution in [-0.2, 0) is 6.54 Å². The Labute approximate surface area is 92.5 Å². The summed E-state index contributed by atoms with van der Waals surface area (Å²) in [6, 6.07) is 5.02. The minimum Gasteiger partial charge on any atom is -0.334 e. The lowest BCUT2D eigenvalue weighted by molar-refractivity contribution is 0.425. The Morgan fingerprint density at radius 2 is 2.19 bits per heavy atom. The summed E-state index contributed by atoms with van der Waals surface area (Å²) in [6.45, 7) is 4.13. The Bertz CT molecular complexity index is 496. The first kappa shape index (κ1) is 10.6. The molecule has 0 spiro atoms. The molecule has 16 heavy (non-hydrogen) atoms. The first-order valence-corrected chi connectivity index (χ1v) is 4.94. The lowest BCUT2D eigenvalue weighted by Crippen LogP contribution is -2.02. The monoisotopic (exact) mass is 221 g/mol. The highest BCUT2D eigenvalue weighted by atomic mass is 19.1. The predicted octanol–water partition coefficient (Wildman–Crippen LogP) is 2.44. The summed E-state index contributed by atoms with van der Waals surface area (Å²) >= 11 is 0. The number of anilines is 1. The van der Waals surface area contributed by atoms with E-state index in [2.05, 4.69) is 15.5 Å². The van der Waals surface area contributed by atoms with Crippen molar-refractivity contribution >= 4 is 6.01 Å². The van der Waals surface area contributed by atoms with Crippen LogP contribution < -0.4 is 5.32 Å². The molecule has 2 rings (SSSR count). The van der Waals surface area contributed by atoms with E-state index < -0.39 is 0 Å². The molecule has 4 nitrogen and oxygen atoms in total. The number of hydrogen-bond acceptors (Lipinski definition) is 4. The number of benzene rings is 1.